The zero-order valence-electron chi connectivity index (χ0n) is 15.1. The first kappa shape index (κ1) is 17.0. The molecule has 1 aromatic heterocycles. The summed E-state index contributed by atoms with van der Waals surface area (Å²) in [5.74, 6) is 0.818. The van der Waals surface area contributed by atoms with Gasteiger partial charge in [-0.3, -0.25) is 4.98 Å². The first-order valence-corrected chi connectivity index (χ1v) is 9.08. The van der Waals surface area contributed by atoms with E-state index in [-0.39, 0.29) is 6.04 Å². The van der Waals surface area contributed by atoms with E-state index in [1.807, 2.05) is 44.2 Å². The number of aliphatic hydroxyl groups excluding tert-OH is 1. The van der Waals surface area contributed by atoms with Gasteiger partial charge in [0.25, 0.3) is 0 Å². The van der Waals surface area contributed by atoms with Gasteiger partial charge in [-0.2, -0.15) is 0 Å². The van der Waals surface area contributed by atoms with Gasteiger partial charge in [-0.15, -0.1) is 0 Å². The molecule has 0 unspecified atom stereocenters. The average Bonchev–Trinajstić information content (AvgIpc) is 2.65. The van der Waals surface area contributed by atoms with Gasteiger partial charge in [0.15, 0.2) is 0 Å². The van der Waals surface area contributed by atoms with Crippen LogP contribution in [0.4, 0.5) is 0 Å². The Morgan fingerprint density at radius 3 is 2.69 bits per heavy atom. The maximum absolute atomic E-state index is 11.0. The molecule has 0 bridgehead atoms. The predicted molar refractivity (Wildman–Crippen MR) is 103 cm³/mol. The fourth-order valence-corrected chi connectivity index (χ4v) is 3.70. The van der Waals surface area contributed by atoms with Gasteiger partial charge in [0.1, 0.15) is 17.5 Å². The fourth-order valence-electron chi connectivity index (χ4n) is 3.70. The van der Waals surface area contributed by atoms with Crippen molar-refractivity contribution in [2.24, 2.45) is 0 Å². The summed E-state index contributed by atoms with van der Waals surface area (Å²) in [6.45, 7) is 4.64. The second kappa shape index (κ2) is 6.71. The van der Waals surface area contributed by atoms with Crippen molar-refractivity contribution >= 4 is 10.9 Å². The van der Waals surface area contributed by atoms with E-state index in [9.17, 15) is 5.11 Å². The predicted octanol–water partition coefficient (Wildman–Crippen LogP) is 3.64. The highest BCUT2D eigenvalue weighted by molar-refractivity contribution is 5.85. The molecule has 2 N–H and O–H groups in total. The van der Waals surface area contributed by atoms with Crippen LogP contribution in [-0.4, -0.2) is 28.3 Å². The second-order valence-electron chi connectivity index (χ2n) is 7.37. The molecule has 1 aliphatic heterocycles. The van der Waals surface area contributed by atoms with Crippen LogP contribution in [0.1, 0.15) is 31.0 Å². The number of fused-ring (bicyclic) bond motifs is 3. The Hall–Kier alpha value is -2.43. The summed E-state index contributed by atoms with van der Waals surface area (Å²) in [6.07, 6.45) is 2.04. The highest BCUT2D eigenvalue weighted by Crippen LogP contribution is 2.43. The van der Waals surface area contributed by atoms with Crippen LogP contribution in [-0.2, 0) is 6.42 Å². The second-order valence-corrected chi connectivity index (χ2v) is 7.37. The van der Waals surface area contributed by atoms with Gasteiger partial charge in [0, 0.05) is 17.1 Å². The zero-order valence-corrected chi connectivity index (χ0v) is 15.1. The molecule has 2 atom stereocenters. The Balaban J connectivity index is 1.67. The molecule has 4 nitrogen and oxygen atoms in total. The summed E-state index contributed by atoms with van der Waals surface area (Å²) < 4.78 is 6.12. The number of nitrogens with one attached hydrogen (secondary N) is 1. The smallest absolute Gasteiger partial charge is 0.131 e. The van der Waals surface area contributed by atoms with Gasteiger partial charge in [0.2, 0.25) is 0 Å². The lowest BCUT2D eigenvalue weighted by molar-refractivity contribution is -0.0638. The summed E-state index contributed by atoms with van der Waals surface area (Å²) >= 11 is 0. The van der Waals surface area contributed by atoms with E-state index >= 15 is 0 Å². The van der Waals surface area contributed by atoms with Gasteiger partial charge >= 0.3 is 0 Å². The van der Waals surface area contributed by atoms with E-state index in [0.717, 1.165) is 35.2 Å². The minimum Gasteiger partial charge on any atom is -0.485 e. The molecule has 0 aliphatic carbocycles. The zero-order chi connectivity index (χ0) is 18.1. The molecule has 0 saturated heterocycles. The van der Waals surface area contributed by atoms with E-state index in [1.54, 1.807) is 6.20 Å². The number of aliphatic hydroxyl groups is 1. The Bertz CT molecular complexity index is 908. The third-order valence-electron chi connectivity index (χ3n) is 5.12. The maximum atomic E-state index is 11.0. The normalized spacial score (nSPS) is 21.2. The number of hydrogen-bond acceptors (Lipinski definition) is 4. The fraction of sp³-hybridized carbons (Fsp3) is 0.318. The molecule has 134 valence electrons. The largest absolute Gasteiger partial charge is 0.485 e. The first-order chi connectivity index (χ1) is 12.6. The Labute approximate surface area is 153 Å². The Kier molecular flexibility index (Phi) is 4.39. The highest BCUT2D eigenvalue weighted by Gasteiger charge is 2.43. The van der Waals surface area contributed by atoms with E-state index < -0.39 is 11.7 Å². The molecule has 2 heterocycles. The average molecular weight is 348 g/mol. The highest BCUT2D eigenvalue weighted by atomic mass is 16.5. The van der Waals surface area contributed by atoms with Crippen molar-refractivity contribution in [1.29, 1.82) is 0 Å². The topological polar surface area (TPSA) is 54.4 Å². The molecule has 0 fully saturated rings. The summed E-state index contributed by atoms with van der Waals surface area (Å²) in [5, 5.41) is 15.6. The van der Waals surface area contributed by atoms with Crippen LogP contribution in [0.5, 0.6) is 5.75 Å². The van der Waals surface area contributed by atoms with Crippen LogP contribution in [0, 0.1) is 0 Å². The standard InChI is InChI=1S/C22H24N2O2/c1-22(2)21(25)20(24-14-12-15-7-4-3-5-8-15)19-16-9-6-13-23-17(16)10-11-18(19)26-22/h3-11,13,20-21,24-25H,12,14H2,1-2H3/t20-,21+/m0/s1. The van der Waals surface area contributed by atoms with Crippen molar-refractivity contribution in [1.82, 2.24) is 10.3 Å². The van der Waals surface area contributed by atoms with Crippen LogP contribution in [0.2, 0.25) is 0 Å². The van der Waals surface area contributed by atoms with Gasteiger partial charge in [-0.25, -0.2) is 0 Å². The van der Waals surface area contributed by atoms with Crippen molar-refractivity contribution < 1.29 is 9.84 Å². The summed E-state index contributed by atoms with van der Waals surface area (Å²) in [7, 11) is 0. The molecule has 2 aromatic carbocycles. The number of aromatic nitrogens is 1. The molecule has 1 aliphatic rings. The van der Waals surface area contributed by atoms with Crippen LogP contribution < -0.4 is 10.1 Å². The minimum absolute atomic E-state index is 0.203. The van der Waals surface area contributed by atoms with Crippen molar-refractivity contribution in [3.63, 3.8) is 0 Å². The molecule has 0 radical (unpaired) electrons. The van der Waals surface area contributed by atoms with Crippen molar-refractivity contribution in [3.05, 3.63) is 71.9 Å². The van der Waals surface area contributed by atoms with Gasteiger partial charge in [-0.1, -0.05) is 36.4 Å². The number of nitrogens with zero attached hydrogens (tertiary/aromatic N) is 1. The van der Waals surface area contributed by atoms with E-state index in [0.29, 0.717) is 0 Å². The van der Waals surface area contributed by atoms with Gasteiger partial charge in [0.05, 0.1) is 11.6 Å². The summed E-state index contributed by atoms with van der Waals surface area (Å²) in [4.78, 5) is 4.45. The first-order valence-electron chi connectivity index (χ1n) is 9.08. The van der Waals surface area contributed by atoms with Crippen LogP contribution in [0.25, 0.3) is 10.9 Å². The Morgan fingerprint density at radius 1 is 1.08 bits per heavy atom. The number of pyridine rings is 1. The lowest BCUT2D eigenvalue weighted by atomic mass is 9.84. The molecule has 4 rings (SSSR count). The van der Waals surface area contributed by atoms with Crippen molar-refractivity contribution in [3.8, 4) is 5.75 Å². The van der Waals surface area contributed by atoms with E-state index in [2.05, 4.69) is 34.6 Å². The summed E-state index contributed by atoms with van der Waals surface area (Å²) in [5.41, 5.74) is 2.53. The monoisotopic (exact) mass is 348 g/mol. The Morgan fingerprint density at radius 2 is 1.88 bits per heavy atom. The summed E-state index contributed by atoms with van der Waals surface area (Å²) in [6, 6.07) is 18.1. The van der Waals surface area contributed by atoms with E-state index in [1.165, 1.54) is 5.56 Å². The number of rotatable bonds is 4. The SMILES string of the molecule is CC1(C)Oc2ccc3ncccc3c2[C@H](NCCc2ccccc2)[C@H]1O. The molecule has 4 heteroatoms. The van der Waals surface area contributed by atoms with Crippen molar-refractivity contribution in [2.45, 2.75) is 38.0 Å². The van der Waals surface area contributed by atoms with E-state index in [4.69, 9.17) is 4.74 Å². The van der Waals surface area contributed by atoms with Gasteiger partial charge in [-0.05, 0) is 50.6 Å². The molecule has 0 saturated carbocycles. The van der Waals surface area contributed by atoms with Crippen LogP contribution in [0.15, 0.2) is 60.8 Å². The molecular weight excluding hydrogens is 324 g/mol. The van der Waals surface area contributed by atoms with Crippen LogP contribution >= 0.6 is 0 Å². The third-order valence-corrected chi connectivity index (χ3v) is 5.12. The number of ether oxygens (including phenoxy) is 1. The van der Waals surface area contributed by atoms with Crippen LogP contribution in [0.3, 0.4) is 0 Å². The molecule has 0 spiro atoms. The molecule has 26 heavy (non-hydrogen) atoms. The lowest BCUT2D eigenvalue weighted by Gasteiger charge is -2.43. The molecule has 0 amide bonds. The number of benzene rings is 2. The quantitative estimate of drug-likeness (QED) is 0.756. The third kappa shape index (κ3) is 3.06. The molecule has 3 aromatic rings. The number of hydrogen-bond donors (Lipinski definition) is 2. The van der Waals surface area contributed by atoms with Crippen molar-refractivity contribution in [2.75, 3.05) is 6.54 Å². The van der Waals surface area contributed by atoms with Gasteiger partial charge < -0.3 is 15.2 Å². The maximum Gasteiger partial charge on any atom is 0.131 e. The lowest BCUT2D eigenvalue weighted by Crippen LogP contribution is -2.52. The molecular formula is C22H24N2O2. The minimum atomic E-state index is -0.659.